The number of benzene rings is 2. The number of ether oxygens (including phenoxy) is 2. The highest BCUT2D eigenvalue weighted by Crippen LogP contribution is 2.42. The molecule has 0 N–H and O–H groups in total. The highest BCUT2D eigenvalue weighted by Gasteiger charge is 2.37. The van der Waals surface area contributed by atoms with Crippen LogP contribution in [0.3, 0.4) is 0 Å². The van der Waals surface area contributed by atoms with E-state index in [-0.39, 0.29) is 22.4 Å². The Balaban J connectivity index is 2.57. The maximum atomic E-state index is 14.9. The molecule has 0 bridgehead atoms. The van der Waals surface area contributed by atoms with Gasteiger partial charge in [-0.2, -0.15) is 0 Å². The van der Waals surface area contributed by atoms with Crippen LogP contribution < -0.4 is 4.74 Å². The predicted molar refractivity (Wildman–Crippen MR) is 130 cm³/mol. The highest BCUT2D eigenvalue weighted by atomic mass is 28.4. The molecule has 2 rings (SSSR count). The fraction of sp³-hybridized carbons (Fsp3) is 0.538. The molecule has 0 aliphatic rings. The van der Waals surface area contributed by atoms with E-state index in [1.54, 1.807) is 26.4 Å². The third kappa shape index (κ3) is 5.97. The van der Waals surface area contributed by atoms with Crippen molar-refractivity contribution >= 4 is 8.32 Å². The van der Waals surface area contributed by atoms with Crippen molar-refractivity contribution in [2.75, 3.05) is 14.2 Å². The molecule has 0 aliphatic carbocycles. The zero-order valence-electron chi connectivity index (χ0n) is 20.9. The lowest BCUT2D eigenvalue weighted by molar-refractivity contribution is 0.0155. The minimum atomic E-state index is -1.88. The summed E-state index contributed by atoms with van der Waals surface area (Å²) in [5.74, 6) is 0.341. The van der Waals surface area contributed by atoms with Gasteiger partial charge in [0.1, 0.15) is 11.6 Å². The van der Waals surface area contributed by atoms with Gasteiger partial charge in [-0.1, -0.05) is 59.7 Å². The van der Waals surface area contributed by atoms with Gasteiger partial charge in [-0.3, -0.25) is 0 Å². The molecule has 0 saturated heterocycles. The lowest BCUT2D eigenvalue weighted by atomic mass is 9.81. The Labute approximate surface area is 189 Å². The van der Waals surface area contributed by atoms with E-state index in [2.05, 4.69) is 60.7 Å². The molecule has 172 valence electrons. The second-order valence-corrected chi connectivity index (χ2v) is 15.6. The molecule has 0 aliphatic heterocycles. The Morgan fingerprint density at radius 3 is 2.06 bits per heavy atom. The first-order valence-corrected chi connectivity index (χ1v) is 13.8. The topological polar surface area (TPSA) is 27.7 Å². The van der Waals surface area contributed by atoms with Crippen LogP contribution >= 0.6 is 0 Å². The number of rotatable bonds is 7. The first-order chi connectivity index (χ1) is 14.2. The van der Waals surface area contributed by atoms with Crippen molar-refractivity contribution in [3.05, 3.63) is 53.3 Å². The minimum absolute atomic E-state index is 0.139. The summed E-state index contributed by atoms with van der Waals surface area (Å²) in [7, 11) is 1.41. The van der Waals surface area contributed by atoms with Crippen molar-refractivity contribution in [3.63, 3.8) is 0 Å². The highest BCUT2D eigenvalue weighted by molar-refractivity contribution is 6.74. The van der Waals surface area contributed by atoms with Gasteiger partial charge in [0.2, 0.25) is 0 Å². The summed E-state index contributed by atoms with van der Waals surface area (Å²) in [5.41, 5.74) is 3.18. The SMILES string of the molecule is COc1ccc(F)c(-c2ccc(CO[Si](C)(C)C(C)(C)C)cc2[C@H](OC)C(C)(C)C)c1. The van der Waals surface area contributed by atoms with Gasteiger partial charge in [0.25, 0.3) is 0 Å². The van der Waals surface area contributed by atoms with E-state index >= 15 is 0 Å². The van der Waals surface area contributed by atoms with E-state index < -0.39 is 8.32 Å². The maximum absolute atomic E-state index is 14.9. The standard InChI is InChI=1S/C26H39FO3Si/c1-25(2,3)24(29-8)22-15-18(17-30-31(9,10)26(4,5)6)11-13-20(22)21-16-19(28-7)12-14-23(21)27/h11-16,24H,17H2,1-10H3/t24-/m0/s1. The largest absolute Gasteiger partial charge is 0.497 e. The molecule has 0 amide bonds. The van der Waals surface area contributed by atoms with Crippen molar-refractivity contribution in [1.82, 2.24) is 0 Å². The van der Waals surface area contributed by atoms with Crippen LogP contribution in [0, 0.1) is 11.2 Å². The number of methoxy groups -OCH3 is 2. The summed E-state index contributed by atoms with van der Waals surface area (Å²) in [5, 5.41) is 0.139. The average molecular weight is 447 g/mol. The summed E-state index contributed by atoms with van der Waals surface area (Å²) in [6, 6.07) is 11.0. The van der Waals surface area contributed by atoms with Gasteiger partial charge in [-0.15, -0.1) is 0 Å². The fourth-order valence-corrected chi connectivity index (χ4v) is 4.39. The van der Waals surface area contributed by atoms with E-state index in [4.69, 9.17) is 13.9 Å². The fourth-order valence-electron chi connectivity index (χ4n) is 3.43. The molecule has 2 aromatic rings. The second kappa shape index (κ2) is 9.43. The smallest absolute Gasteiger partial charge is 0.192 e. The van der Waals surface area contributed by atoms with Gasteiger partial charge in [-0.05, 0) is 58.4 Å². The van der Waals surface area contributed by atoms with Gasteiger partial charge in [0.15, 0.2) is 8.32 Å². The van der Waals surface area contributed by atoms with Crippen molar-refractivity contribution in [3.8, 4) is 16.9 Å². The van der Waals surface area contributed by atoms with E-state index in [1.165, 1.54) is 6.07 Å². The van der Waals surface area contributed by atoms with Crippen LogP contribution in [-0.4, -0.2) is 22.5 Å². The lowest BCUT2D eigenvalue weighted by Crippen LogP contribution is -2.40. The molecule has 0 aromatic heterocycles. The maximum Gasteiger partial charge on any atom is 0.192 e. The molecule has 2 aromatic carbocycles. The zero-order chi connectivity index (χ0) is 23.6. The molecule has 0 saturated carbocycles. The van der Waals surface area contributed by atoms with Crippen LogP contribution in [0.5, 0.6) is 5.75 Å². The first kappa shape index (κ1) is 25.6. The molecule has 0 heterocycles. The molecular formula is C26H39FO3Si. The van der Waals surface area contributed by atoms with Crippen LogP contribution in [0.25, 0.3) is 11.1 Å². The van der Waals surface area contributed by atoms with Crippen molar-refractivity contribution < 1.29 is 18.3 Å². The van der Waals surface area contributed by atoms with Crippen LogP contribution in [0.15, 0.2) is 36.4 Å². The van der Waals surface area contributed by atoms with Crippen LogP contribution in [0.4, 0.5) is 4.39 Å². The molecule has 5 heteroatoms. The van der Waals surface area contributed by atoms with Gasteiger partial charge < -0.3 is 13.9 Å². The van der Waals surface area contributed by atoms with E-state index in [1.807, 2.05) is 12.1 Å². The quantitative estimate of drug-likeness (QED) is 0.407. The van der Waals surface area contributed by atoms with Crippen LogP contribution in [-0.2, 0) is 15.8 Å². The number of hydrogen-bond acceptors (Lipinski definition) is 3. The van der Waals surface area contributed by atoms with Crippen molar-refractivity contribution in [2.45, 2.75) is 72.4 Å². The number of hydrogen-bond donors (Lipinski definition) is 0. The summed E-state index contributed by atoms with van der Waals surface area (Å²) >= 11 is 0. The van der Waals surface area contributed by atoms with Gasteiger partial charge >= 0.3 is 0 Å². The zero-order valence-corrected chi connectivity index (χ0v) is 21.9. The Morgan fingerprint density at radius 2 is 1.55 bits per heavy atom. The Kier molecular flexibility index (Phi) is 7.78. The lowest BCUT2D eigenvalue weighted by Gasteiger charge is -2.36. The third-order valence-corrected chi connectivity index (χ3v) is 10.8. The Morgan fingerprint density at radius 1 is 0.903 bits per heavy atom. The molecule has 0 radical (unpaired) electrons. The van der Waals surface area contributed by atoms with Gasteiger partial charge in [0.05, 0.1) is 19.8 Å². The normalized spacial score (nSPS) is 13.9. The van der Waals surface area contributed by atoms with Crippen LogP contribution in [0.2, 0.25) is 18.1 Å². The Hall–Kier alpha value is -1.69. The molecule has 1 atom stereocenters. The molecular weight excluding hydrogens is 407 g/mol. The van der Waals surface area contributed by atoms with E-state index in [0.29, 0.717) is 17.9 Å². The van der Waals surface area contributed by atoms with Crippen molar-refractivity contribution in [2.24, 2.45) is 5.41 Å². The van der Waals surface area contributed by atoms with Crippen molar-refractivity contribution in [1.29, 1.82) is 0 Å². The third-order valence-electron chi connectivity index (χ3n) is 6.29. The first-order valence-electron chi connectivity index (χ1n) is 10.8. The van der Waals surface area contributed by atoms with E-state index in [0.717, 1.165) is 16.7 Å². The Bertz CT molecular complexity index is 895. The van der Waals surface area contributed by atoms with E-state index in [9.17, 15) is 4.39 Å². The minimum Gasteiger partial charge on any atom is -0.497 e. The summed E-state index contributed by atoms with van der Waals surface area (Å²) < 4.78 is 32.6. The molecule has 31 heavy (non-hydrogen) atoms. The number of halogens is 1. The second-order valence-electron chi connectivity index (χ2n) is 10.8. The molecule has 0 spiro atoms. The molecule has 0 unspecified atom stereocenters. The summed E-state index contributed by atoms with van der Waals surface area (Å²) in [6.07, 6.45) is -0.207. The summed E-state index contributed by atoms with van der Waals surface area (Å²) in [4.78, 5) is 0. The van der Waals surface area contributed by atoms with Crippen LogP contribution in [0.1, 0.15) is 58.8 Å². The van der Waals surface area contributed by atoms with Gasteiger partial charge in [0, 0.05) is 12.7 Å². The molecule has 3 nitrogen and oxygen atoms in total. The molecule has 0 fully saturated rings. The monoisotopic (exact) mass is 446 g/mol. The predicted octanol–water partition coefficient (Wildman–Crippen LogP) is 7.76. The van der Waals surface area contributed by atoms with Gasteiger partial charge in [-0.25, -0.2) is 4.39 Å². The summed E-state index contributed by atoms with van der Waals surface area (Å²) in [6.45, 7) is 18.1. The average Bonchev–Trinajstić information content (AvgIpc) is 2.66.